The Hall–Kier alpha value is -2.47. The van der Waals surface area contributed by atoms with Gasteiger partial charge < -0.3 is 24.1 Å². The first kappa shape index (κ1) is 19.3. The molecule has 1 fully saturated rings. The third-order valence-electron chi connectivity index (χ3n) is 4.64. The van der Waals surface area contributed by atoms with Crippen LogP contribution >= 0.6 is 0 Å². The Kier molecular flexibility index (Phi) is 7.16. The van der Waals surface area contributed by atoms with Gasteiger partial charge in [-0.25, -0.2) is 0 Å². The molecule has 0 amide bonds. The monoisotopic (exact) mass is 371 g/mol. The molecule has 1 atom stereocenters. The normalized spacial score (nSPS) is 17.1. The van der Waals surface area contributed by atoms with Crippen LogP contribution in [0.2, 0.25) is 0 Å². The van der Waals surface area contributed by atoms with Crippen molar-refractivity contribution in [2.45, 2.75) is 31.9 Å². The lowest BCUT2D eigenvalue weighted by molar-refractivity contribution is 0.117. The number of guanidine groups is 1. The lowest BCUT2D eigenvalue weighted by Crippen LogP contribution is -2.40. The molecule has 27 heavy (non-hydrogen) atoms. The zero-order chi connectivity index (χ0) is 18.9. The van der Waals surface area contributed by atoms with E-state index in [2.05, 4.69) is 29.4 Å². The molecule has 0 saturated carbocycles. The summed E-state index contributed by atoms with van der Waals surface area (Å²) in [6.45, 7) is 3.08. The number of furan rings is 1. The van der Waals surface area contributed by atoms with E-state index < -0.39 is 0 Å². The second kappa shape index (κ2) is 10.0. The van der Waals surface area contributed by atoms with Crippen LogP contribution in [0.1, 0.15) is 24.2 Å². The molecule has 1 aromatic heterocycles. The zero-order valence-electron chi connectivity index (χ0n) is 16.2. The molecule has 2 heterocycles. The Morgan fingerprint density at radius 3 is 2.81 bits per heavy atom. The van der Waals surface area contributed by atoms with Gasteiger partial charge in [0.15, 0.2) is 5.96 Å². The minimum Gasteiger partial charge on any atom is -0.497 e. The van der Waals surface area contributed by atoms with Crippen molar-refractivity contribution in [3.05, 3.63) is 54.0 Å². The predicted octanol–water partition coefficient (Wildman–Crippen LogP) is 3.09. The second-order valence-corrected chi connectivity index (χ2v) is 6.76. The van der Waals surface area contributed by atoms with Crippen LogP contribution in [0.3, 0.4) is 0 Å². The highest BCUT2D eigenvalue weighted by Gasteiger charge is 2.16. The fourth-order valence-electron chi connectivity index (χ4n) is 3.12. The molecule has 1 saturated heterocycles. The van der Waals surface area contributed by atoms with Gasteiger partial charge in [-0.1, -0.05) is 12.1 Å². The molecule has 0 bridgehead atoms. The minimum absolute atomic E-state index is 0.237. The quantitative estimate of drug-likeness (QED) is 0.571. The third-order valence-corrected chi connectivity index (χ3v) is 4.64. The second-order valence-electron chi connectivity index (χ2n) is 6.76. The molecule has 1 aliphatic heterocycles. The van der Waals surface area contributed by atoms with Crippen molar-refractivity contribution in [3.63, 3.8) is 0 Å². The number of hydrogen-bond donors (Lipinski definition) is 1. The standard InChI is InChI=1S/C21H29N3O3/c1-24(16-17-7-9-18(25-2)10-8-17)21(23-15-20-6-4-14-27-20)22-12-11-19-5-3-13-26-19/h3,5,7-10,13,20H,4,6,11-12,14-16H2,1-2H3,(H,22,23). The van der Waals surface area contributed by atoms with Gasteiger partial charge in [-0.15, -0.1) is 0 Å². The van der Waals surface area contributed by atoms with Crippen LogP contribution in [0.5, 0.6) is 5.75 Å². The first-order valence-electron chi connectivity index (χ1n) is 9.51. The molecule has 146 valence electrons. The Balaban J connectivity index is 1.59. The smallest absolute Gasteiger partial charge is 0.194 e. The van der Waals surface area contributed by atoms with Gasteiger partial charge in [-0.2, -0.15) is 0 Å². The maximum Gasteiger partial charge on any atom is 0.194 e. The van der Waals surface area contributed by atoms with E-state index in [0.717, 1.165) is 56.4 Å². The molecule has 6 nitrogen and oxygen atoms in total. The van der Waals surface area contributed by atoms with Crippen molar-refractivity contribution >= 4 is 5.96 Å². The van der Waals surface area contributed by atoms with E-state index in [0.29, 0.717) is 6.54 Å². The number of rotatable bonds is 8. The largest absolute Gasteiger partial charge is 0.497 e. The van der Waals surface area contributed by atoms with Gasteiger partial charge in [-0.05, 0) is 42.7 Å². The van der Waals surface area contributed by atoms with Gasteiger partial charge >= 0.3 is 0 Å². The van der Waals surface area contributed by atoms with E-state index >= 15 is 0 Å². The number of ether oxygens (including phenoxy) is 2. The molecule has 1 aliphatic rings. The highest BCUT2D eigenvalue weighted by molar-refractivity contribution is 5.79. The Bertz CT molecular complexity index is 692. The van der Waals surface area contributed by atoms with Crippen molar-refractivity contribution in [2.24, 2.45) is 4.99 Å². The third kappa shape index (κ3) is 6.03. The predicted molar refractivity (Wildman–Crippen MR) is 106 cm³/mol. The molecular weight excluding hydrogens is 342 g/mol. The first-order chi connectivity index (χ1) is 13.2. The highest BCUT2D eigenvalue weighted by Crippen LogP contribution is 2.14. The number of aliphatic imine (C=N–C) groups is 1. The van der Waals surface area contributed by atoms with E-state index in [4.69, 9.17) is 18.9 Å². The minimum atomic E-state index is 0.237. The van der Waals surface area contributed by atoms with Crippen LogP contribution in [-0.2, 0) is 17.7 Å². The molecular formula is C21H29N3O3. The van der Waals surface area contributed by atoms with E-state index in [9.17, 15) is 0 Å². The summed E-state index contributed by atoms with van der Waals surface area (Å²) in [5.74, 6) is 2.72. The zero-order valence-corrected chi connectivity index (χ0v) is 16.2. The number of nitrogens with one attached hydrogen (secondary N) is 1. The van der Waals surface area contributed by atoms with Gasteiger partial charge in [-0.3, -0.25) is 4.99 Å². The van der Waals surface area contributed by atoms with Crippen molar-refractivity contribution < 1.29 is 13.9 Å². The average molecular weight is 371 g/mol. The molecule has 0 spiro atoms. The molecule has 0 aliphatic carbocycles. The fraction of sp³-hybridized carbons (Fsp3) is 0.476. The molecule has 0 radical (unpaired) electrons. The number of hydrogen-bond acceptors (Lipinski definition) is 4. The number of benzene rings is 1. The SMILES string of the molecule is COc1ccc(CN(C)C(=NCC2CCCO2)NCCc2ccco2)cc1. The summed E-state index contributed by atoms with van der Waals surface area (Å²) in [4.78, 5) is 6.94. The number of methoxy groups -OCH3 is 1. The molecule has 1 N–H and O–H groups in total. The number of nitrogens with zero attached hydrogens (tertiary/aromatic N) is 2. The molecule has 1 unspecified atom stereocenters. The topological polar surface area (TPSA) is 59.2 Å². The Labute approximate surface area is 161 Å². The van der Waals surface area contributed by atoms with Gasteiger partial charge in [0.2, 0.25) is 0 Å². The van der Waals surface area contributed by atoms with Gasteiger partial charge in [0.05, 0.1) is 26.0 Å². The summed E-state index contributed by atoms with van der Waals surface area (Å²) in [5.41, 5.74) is 1.20. The molecule has 6 heteroatoms. The summed E-state index contributed by atoms with van der Waals surface area (Å²) in [5, 5.41) is 3.46. The Morgan fingerprint density at radius 1 is 1.30 bits per heavy atom. The first-order valence-corrected chi connectivity index (χ1v) is 9.51. The summed E-state index contributed by atoms with van der Waals surface area (Å²) < 4.78 is 16.4. The van der Waals surface area contributed by atoms with Crippen molar-refractivity contribution in [3.8, 4) is 5.75 Å². The average Bonchev–Trinajstić information content (AvgIpc) is 3.39. The van der Waals surface area contributed by atoms with Crippen LogP contribution in [0.4, 0.5) is 0 Å². The van der Waals surface area contributed by atoms with E-state index in [1.165, 1.54) is 5.56 Å². The van der Waals surface area contributed by atoms with Crippen molar-refractivity contribution in [1.82, 2.24) is 10.2 Å². The van der Waals surface area contributed by atoms with E-state index in [1.54, 1.807) is 13.4 Å². The van der Waals surface area contributed by atoms with Gasteiger partial charge in [0.1, 0.15) is 11.5 Å². The Morgan fingerprint density at radius 2 is 2.15 bits per heavy atom. The summed E-state index contributed by atoms with van der Waals surface area (Å²) in [6.07, 6.45) is 4.98. The van der Waals surface area contributed by atoms with Crippen LogP contribution < -0.4 is 10.1 Å². The van der Waals surface area contributed by atoms with Crippen LogP contribution in [0, 0.1) is 0 Å². The van der Waals surface area contributed by atoms with Gasteiger partial charge in [0.25, 0.3) is 0 Å². The molecule has 2 aromatic rings. The van der Waals surface area contributed by atoms with Crippen LogP contribution in [0.15, 0.2) is 52.1 Å². The highest BCUT2D eigenvalue weighted by atomic mass is 16.5. The summed E-state index contributed by atoms with van der Waals surface area (Å²) >= 11 is 0. The molecule has 1 aromatic carbocycles. The summed E-state index contributed by atoms with van der Waals surface area (Å²) in [6, 6.07) is 12.0. The van der Waals surface area contributed by atoms with Crippen molar-refractivity contribution in [2.75, 3.05) is 33.9 Å². The summed E-state index contributed by atoms with van der Waals surface area (Å²) in [7, 11) is 3.73. The van der Waals surface area contributed by atoms with E-state index in [1.807, 2.05) is 24.3 Å². The van der Waals surface area contributed by atoms with E-state index in [-0.39, 0.29) is 6.10 Å². The van der Waals surface area contributed by atoms with Crippen LogP contribution in [0.25, 0.3) is 0 Å². The molecule has 3 rings (SSSR count). The lowest BCUT2D eigenvalue weighted by Gasteiger charge is -2.23. The lowest BCUT2D eigenvalue weighted by atomic mass is 10.2. The maximum atomic E-state index is 5.71. The van der Waals surface area contributed by atoms with Gasteiger partial charge in [0, 0.05) is 33.2 Å². The van der Waals surface area contributed by atoms with Crippen molar-refractivity contribution in [1.29, 1.82) is 0 Å². The van der Waals surface area contributed by atoms with Crippen LogP contribution in [-0.4, -0.2) is 50.8 Å². The fourth-order valence-corrected chi connectivity index (χ4v) is 3.12. The maximum absolute atomic E-state index is 5.71.